The van der Waals surface area contributed by atoms with Crippen LogP contribution in [0.3, 0.4) is 0 Å². The summed E-state index contributed by atoms with van der Waals surface area (Å²) in [6.07, 6.45) is 2.73. The molecule has 0 radical (unpaired) electrons. The molecule has 1 aliphatic rings. The lowest BCUT2D eigenvalue weighted by Gasteiger charge is -2.12. The molecule has 3 heteroatoms. The third-order valence-electron chi connectivity index (χ3n) is 2.04. The smallest absolute Gasteiger partial charge is 0.252 e. The zero-order valence-electron chi connectivity index (χ0n) is 7.14. The molecule has 1 saturated carbocycles. The zero-order chi connectivity index (χ0) is 8.32. The Morgan fingerprint density at radius 1 is 1.64 bits per heavy atom. The predicted molar refractivity (Wildman–Crippen MR) is 42.3 cm³/mol. The number of ether oxygens (including phenoxy) is 1. The highest BCUT2D eigenvalue weighted by Crippen LogP contribution is 2.38. The van der Waals surface area contributed by atoms with E-state index in [4.69, 9.17) is 4.74 Å². The van der Waals surface area contributed by atoms with E-state index in [1.807, 2.05) is 6.92 Å². The van der Waals surface area contributed by atoms with Gasteiger partial charge in [-0.2, -0.15) is 0 Å². The van der Waals surface area contributed by atoms with Crippen molar-refractivity contribution in [1.82, 2.24) is 5.32 Å². The van der Waals surface area contributed by atoms with E-state index in [0.717, 1.165) is 25.8 Å². The molecule has 1 N–H and O–H groups in total. The number of carbonyl (C=O) groups excluding carboxylic acids is 1. The van der Waals surface area contributed by atoms with E-state index in [2.05, 4.69) is 5.32 Å². The first-order valence-corrected chi connectivity index (χ1v) is 4.08. The van der Waals surface area contributed by atoms with Crippen molar-refractivity contribution >= 4 is 5.91 Å². The van der Waals surface area contributed by atoms with Crippen LogP contribution in [-0.4, -0.2) is 25.2 Å². The van der Waals surface area contributed by atoms with Gasteiger partial charge in [-0.3, -0.25) is 4.79 Å². The van der Waals surface area contributed by atoms with Crippen LogP contribution in [0, 0.1) is 0 Å². The first-order valence-electron chi connectivity index (χ1n) is 4.08. The molecule has 1 rings (SSSR count). The van der Waals surface area contributed by atoms with Gasteiger partial charge in [-0.05, 0) is 19.3 Å². The van der Waals surface area contributed by atoms with Gasteiger partial charge in [0.1, 0.15) is 5.60 Å². The SMILES string of the molecule is CCCNC(=O)C1(OC)CC1. The molecule has 0 spiro atoms. The van der Waals surface area contributed by atoms with Crippen molar-refractivity contribution < 1.29 is 9.53 Å². The van der Waals surface area contributed by atoms with Crippen LogP contribution in [0.1, 0.15) is 26.2 Å². The van der Waals surface area contributed by atoms with E-state index in [-0.39, 0.29) is 5.91 Å². The quantitative estimate of drug-likeness (QED) is 0.652. The normalized spacial score (nSPS) is 19.5. The summed E-state index contributed by atoms with van der Waals surface area (Å²) in [5.74, 6) is 0.0573. The second kappa shape index (κ2) is 3.22. The zero-order valence-corrected chi connectivity index (χ0v) is 7.14. The second-order valence-electron chi connectivity index (χ2n) is 2.95. The molecule has 0 unspecified atom stereocenters. The van der Waals surface area contributed by atoms with Gasteiger partial charge in [-0.1, -0.05) is 6.92 Å². The molecule has 11 heavy (non-hydrogen) atoms. The van der Waals surface area contributed by atoms with Gasteiger partial charge in [-0.25, -0.2) is 0 Å². The maximum absolute atomic E-state index is 11.3. The van der Waals surface area contributed by atoms with Crippen LogP contribution in [0.5, 0.6) is 0 Å². The van der Waals surface area contributed by atoms with Gasteiger partial charge >= 0.3 is 0 Å². The van der Waals surface area contributed by atoms with E-state index in [1.54, 1.807) is 7.11 Å². The third-order valence-corrected chi connectivity index (χ3v) is 2.04. The number of rotatable bonds is 4. The van der Waals surface area contributed by atoms with Crippen LogP contribution < -0.4 is 5.32 Å². The Balaban J connectivity index is 2.29. The van der Waals surface area contributed by atoms with Crippen molar-refractivity contribution in [2.45, 2.75) is 31.8 Å². The van der Waals surface area contributed by atoms with E-state index in [0.29, 0.717) is 0 Å². The summed E-state index contributed by atoms with van der Waals surface area (Å²) in [6, 6.07) is 0. The molecule has 0 bridgehead atoms. The van der Waals surface area contributed by atoms with Crippen LogP contribution in [-0.2, 0) is 9.53 Å². The monoisotopic (exact) mass is 157 g/mol. The predicted octanol–water partition coefficient (Wildman–Crippen LogP) is 0.692. The lowest BCUT2D eigenvalue weighted by Crippen LogP contribution is -2.37. The molecular weight excluding hydrogens is 142 g/mol. The van der Waals surface area contributed by atoms with E-state index >= 15 is 0 Å². The molecule has 0 aromatic carbocycles. The fourth-order valence-electron chi connectivity index (χ4n) is 1.04. The maximum Gasteiger partial charge on any atom is 0.252 e. The number of nitrogens with one attached hydrogen (secondary N) is 1. The number of amides is 1. The average Bonchev–Trinajstić information content (AvgIpc) is 2.80. The second-order valence-corrected chi connectivity index (χ2v) is 2.95. The van der Waals surface area contributed by atoms with Crippen LogP contribution in [0.25, 0.3) is 0 Å². The Labute approximate surface area is 67.1 Å². The highest BCUT2D eigenvalue weighted by atomic mass is 16.5. The van der Waals surface area contributed by atoms with Gasteiger partial charge in [-0.15, -0.1) is 0 Å². The summed E-state index contributed by atoms with van der Waals surface area (Å²) in [7, 11) is 1.60. The Bertz CT molecular complexity index is 152. The van der Waals surface area contributed by atoms with Gasteiger partial charge in [0.15, 0.2) is 0 Å². The van der Waals surface area contributed by atoms with Gasteiger partial charge in [0.2, 0.25) is 0 Å². The first-order chi connectivity index (χ1) is 5.25. The van der Waals surface area contributed by atoms with Crippen molar-refractivity contribution in [1.29, 1.82) is 0 Å². The standard InChI is InChI=1S/C8H15NO2/c1-3-6-9-7(10)8(11-2)4-5-8/h3-6H2,1-2H3,(H,9,10). The van der Waals surface area contributed by atoms with E-state index in [9.17, 15) is 4.79 Å². The molecule has 0 atom stereocenters. The minimum atomic E-state index is -0.449. The van der Waals surface area contributed by atoms with Crippen LogP contribution in [0.15, 0.2) is 0 Å². The number of hydrogen-bond donors (Lipinski definition) is 1. The Kier molecular flexibility index (Phi) is 2.49. The molecule has 0 aromatic rings. The molecule has 0 saturated heterocycles. The molecule has 1 amide bonds. The molecular formula is C8H15NO2. The molecule has 1 aliphatic carbocycles. The molecule has 0 aromatic heterocycles. The van der Waals surface area contributed by atoms with Crippen molar-refractivity contribution in [2.24, 2.45) is 0 Å². The highest BCUT2D eigenvalue weighted by Gasteiger charge is 2.50. The molecule has 0 heterocycles. The summed E-state index contributed by atoms with van der Waals surface area (Å²) < 4.78 is 5.10. The lowest BCUT2D eigenvalue weighted by molar-refractivity contribution is -0.133. The van der Waals surface area contributed by atoms with Gasteiger partial charge in [0, 0.05) is 13.7 Å². The summed E-state index contributed by atoms with van der Waals surface area (Å²) in [5, 5.41) is 2.82. The van der Waals surface area contributed by atoms with Crippen molar-refractivity contribution in [2.75, 3.05) is 13.7 Å². The fraction of sp³-hybridized carbons (Fsp3) is 0.875. The van der Waals surface area contributed by atoms with Crippen molar-refractivity contribution in [3.05, 3.63) is 0 Å². The third kappa shape index (κ3) is 1.71. The molecule has 3 nitrogen and oxygen atoms in total. The van der Waals surface area contributed by atoms with E-state index < -0.39 is 5.60 Å². The van der Waals surface area contributed by atoms with Crippen molar-refractivity contribution in [3.8, 4) is 0 Å². The van der Waals surface area contributed by atoms with Gasteiger partial charge in [0.25, 0.3) is 5.91 Å². The summed E-state index contributed by atoms with van der Waals surface area (Å²) in [4.78, 5) is 11.3. The molecule has 1 fully saturated rings. The Morgan fingerprint density at radius 2 is 2.27 bits per heavy atom. The number of hydrogen-bond acceptors (Lipinski definition) is 2. The number of carbonyl (C=O) groups is 1. The Hall–Kier alpha value is -0.570. The highest BCUT2D eigenvalue weighted by molar-refractivity contribution is 5.88. The average molecular weight is 157 g/mol. The van der Waals surface area contributed by atoms with Crippen molar-refractivity contribution in [3.63, 3.8) is 0 Å². The summed E-state index contributed by atoms with van der Waals surface area (Å²) in [5.41, 5.74) is -0.449. The number of methoxy groups -OCH3 is 1. The fourth-order valence-corrected chi connectivity index (χ4v) is 1.04. The summed E-state index contributed by atoms with van der Waals surface area (Å²) >= 11 is 0. The minimum Gasteiger partial charge on any atom is -0.368 e. The largest absolute Gasteiger partial charge is 0.368 e. The van der Waals surface area contributed by atoms with Crippen LogP contribution in [0.2, 0.25) is 0 Å². The van der Waals surface area contributed by atoms with Gasteiger partial charge in [0.05, 0.1) is 0 Å². The molecule has 64 valence electrons. The van der Waals surface area contributed by atoms with E-state index in [1.165, 1.54) is 0 Å². The van der Waals surface area contributed by atoms with Crippen LogP contribution >= 0.6 is 0 Å². The van der Waals surface area contributed by atoms with Gasteiger partial charge < -0.3 is 10.1 Å². The maximum atomic E-state index is 11.3. The summed E-state index contributed by atoms with van der Waals surface area (Å²) in [6.45, 7) is 2.79. The minimum absolute atomic E-state index is 0.0573. The lowest BCUT2D eigenvalue weighted by atomic mass is 10.3. The topological polar surface area (TPSA) is 38.3 Å². The first kappa shape index (κ1) is 8.53. The Morgan fingerprint density at radius 3 is 2.64 bits per heavy atom. The molecule has 0 aliphatic heterocycles. The van der Waals surface area contributed by atoms with Crippen LogP contribution in [0.4, 0.5) is 0 Å².